The Hall–Kier alpha value is -4.07. The van der Waals surface area contributed by atoms with Crippen molar-refractivity contribution in [3.05, 3.63) is 96.1 Å². The highest BCUT2D eigenvalue weighted by atomic mass is 32.2. The summed E-state index contributed by atoms with van der Waals surface area (Å²) < 4.78 is 89.0. The van der Waals surface area contributed by atoms with Gasteiger partial charge >= 0.3 is 0 Å². The number of nitrogens with one attached hydrogen (secondary N) is 2. The van der Waals surface area contributed by atoms with E-state index in [0.29, 0.717) is 5.75 Å². The van der Waals surface area contributed by atoms with Gasteiger partial charge in [-0.05, 0) is 74.5 Å². The normalized spacial score (nSPS) is 12.1. The van der Waals surface area contributed by atoms with E-state index in [0.717, 1.165) is 23.3 Å². The zero-order chi connectivity index (χ0) is 29.3. The topological polar surface area (TPSA) is 156 Å². The standard InChI is InChI=1S/C27H26N2O8S3/c1-18-4-10-23(11-5-18)39(33,34)28-20-16-25(29-40(35,36)24-12-6-19(2)7-13-24)27(30)26(17-20)38(31,32)22-14-8-21(37-3)9-15-22/h4-17,28-30H,1-3H3. The van der Waals surface area contributed by atoms with Crippen molar-refractivity contribution in [2.24, 2.45) is 0 Å². The number of benzene rings is 4. The molecule has 0 fully saturated rings. The summed E-state index contributed by atoms with van der Waals surface area (Å²) in [4.78, 5) is -1.21. The maximum Gasteiger partial charge on any atom is 0.262 e. The van der Waals surface area contributed by atoms with Crippen LogP contribution in [0.3, 0.4) is 0 Å². The summed E-state index contributed by atoms with van der Waals surface area (Å²) in [7, 11) is -11.6. The summed E-state index contributed by atoms with van der Waals surface area (Å²) in [6.07, 6.45) is 0. The molecule has 0 atom stereocenters. The maximum atomic E-state index is 13.5. The quantitative estimate of drug-likeness (QED) is 0.187. The number of phenols is 1. The molecule has 0 aliphatic heterocycles. The molecule has 0 bridgehead atoms. The van der Waals surface area contributed by atoms with Crippen LogP contribution in [0.1, 0.15) is 11.1 Å². The van der Waals surface area contributed by atoms with E-state index in [1.165, 1.54) is 55.6 Å². The fourth-order valence-corrected chi connectivity index (χ4v) is 7.18. The van der Waals surface area contributed by atoms with Crippen LogP contribution in [0.2, 0.25) is 0 Å². The van der Waals surface area contributed by atoms with Crippen LogP contribution in [0.25, 0.3) is 0 Å². The predicted octanol–water partition coefficient (Wildman–Crippen LogP) is 4.45. The smallest absolute Gasteiger partial charge is 0.262 e. The number of rotatable bonds is 9. The lowest BCUT2D eigenvalue weighted by atomic mass is 10.2. The molecule has 4 aromatic carbocycles. The SMILES string of the molecule is COc1ccc(S(=O)(=O)c2cc(NS(=O)(=O)c3ccc(C)cc3)cc(NS(=O)(=O)c3ccc(C)cc3)c2O)cc1. The van der Waals surface area contributed by atoms with Crippen LogP contribution >= 0.6 is 0 Å². The summed E-state index contributed by atoms with van der Waals surface area (Å²) in [5, 5.41) is 11.0. The molecule has 40 heavy (non-hydrogen) atoms. The first kappa shape index (κ1) is 28.9. The Kier molecular flexibility index (Phi) is 7.83. The molecule has 4 rings (SSSR count). The minimum Gasteiger partial charge on any atom is -0.504 e. The fraction of sp³-hybridized carbons (Fsp3) is 0.111. The van der Waals surface area contributed by atoms with E-state index in [-0.39, 0.29) is 20.4 Å². The highest BCUT2D eigenvalue weighted by molar-refractivity contribution is 7.93. The Bertz CT molecular complexity index is 1870. The van der Waals surface area contributed by atoms with Gasteiger partial charge in [-0.15, -0.1) is 0 Å². The minimum atomic E-state index is -4.47. The summed E-state index contributed by atoms with van der Waals surface area (Å²) >= 11 is 0. The van der Waals surface area contributed by atoms with Crippen molar-refractivity contribution < 1.29 is 35.1 Å². The molecule has 4 aromatic rings. The molecule has 0 unspecified atom stereocenters. The Labute approximate surface area is 233 Å². The molecule has 0 saturated heterocycles. The van der Waals surface area contributed by atoms with Crippen LogP contribution in [0.4, 0.5) is 11.4 Å². The van der Waals surface area contributed by atoms with Crippen molar-refractivity contribution in [1.82, 2.24) is 0 Å². The molecule has 0 spiro atoms. The number of sulfone groups is 1. The van der Waals surface area contributed by atoms with Crippen molar-refractivity contribution >= 4 is 41.3 Å². The van der Waals surface area contributed by atoms with Gasteiger partial charge in [0.15, 0.2) is 5.75 Å². The van der Waals surface area contributed by atoms with E-state index in [2.05, 4.69) is 9.44 Å². The number of anilines is 2. The highest BCUT2D eigenvalue weighted by Crippen LogP contribution is 2.39. The van der Waals surface area contributed by atoms with Crippen LogP contribution < -0.4 is 14.2 Å². The lowest BCUT2D eigenvalue weighted by Gasteiger charge is -2.17. The first-order valence-electron chi connectivity index (χ1n) is 11.7. The van der Waals surface area contributed by atoms with E-state index in [1.54, 1.807) is 38.1 Å². The van der Waals surface area contributed by atoms with Gasteiger partial charge in [-0.2, -0.15) is 0 Å². The number of hydrogen-bond donors (Lipinski definition) is 3. The van der Waals surface area contributed by atoms with Gasteiger partial charge in [0.05, 0.1) is 33.2 Å². The maximum absolute atomic E-state index is 13.5. The van der Waals surface area contributed by atoms with Crippen LogP contribution in [-0.4, -0.2) is 37.5 Å². The van der Waals surface area contributed by atoms with E-state index in [1.807, 2.05) is 0 Å². The third-order valence-electron chi connectivity index (χ3n) is 5.89. The van der Waals surface area contributed by atoms with Gasteiger partial charge < -0.3 is 9.84 Å². The highest BCUT2D eigenvalue weighted by Gasteiger charge is 2.28. The minimum absolute atomic E-state index is 0.104. The van der Waals surface area contributed by atoms with Crippen LogP contribution in [0.15, 0.2) is 105 Å². The zero-order valence-electron chi connectivity index (χ0n) is 21.6. The summed E-state index contributed by atoms with van der Waals surface area (Å²) in [6.45, 7) is 3.56. The number of hydrogen-bond acceptors (Lipinski definition) is 8. The molecule has 0 saturated carbocycles. The van der Waals surface area contributed by atoms with Gasteiger partial charge in [-0.25, -0.2) is 25.3 Å². The molecule has 3 N–H and O–H groups in total. The van der Waals surface area contributed by atoms with Crippen LogP contribution in [-0.2, 0) is 29.9 Å². The Morgan fingerprint density at radius 3 is 1.55 bits per heavy atom. The molecule has 0 radical (unpaired) electrons. The number of aryl methyl sites for hydroxylation is 2. The number of methoxy groups -OCH3 is 1. The molecule has 10 nitrogen and oxygen atoms in total. The van der Waals surface area contributed by atoms with E-state index >= 15 is 0 Å². The molecule has 210 valence electrons. The van der Waals surface area contributed by atoms with Crippen molar-refractivity contribution in [3.8, 4) is 11.5 Å². The van der Waals surface area contributed by atoms with Crippen molar-refractivity contribution in [2.75, 3.05) is 16.6 Å². The van der Waals surface area contributed by atoms with Gasteiger partial charge in [0.2, 0.25) is 9.84 Å². The predicted molar refractivity (Wildman–Crippen MR) is 151 cm³/mol. The molecule has 0 heterocycles. The van der Waals surface area contributed by atoms with Gasteiger partial charge in [-0.1, -0.05) is 35.4 Å². The molecule has 0 amide bonds. The monoisotopic (exact) mass is 602 g/mol. The number of phenolic OH excluding ortho intramolecular Hbond substituents is 1. The first-order valence-corrected chi connectivity index (χ1v) is 16.1. The average molecular weight is 603 g/mol. The lowest BCUT2D eigenvalue weighted by molar-refractivity contribution is 0.414. The average Bonchev–Trinajstić information content (AvgIpc) is 2.90. The van der Waals surface area contributed by atoms with Gasteiger partial charge in [0.25, 0.3) is 20.0 Å². The molecule has 13 heteroatoms. The summed E-state index contributed by atoms with van der Waals surface area (Å²) in [6, 6.07) is 18.9. The number of aromatic hydroxyl groups is 1. The molecule has 0 aliphatic carbocycles. The third-order valence-corrected chi connectivity index (χ3v) is 10.5. The van der Waals surface area contributed by atoms with Crippen LogP contribution in [0.5, 0.6) is 11.5 Å². The number of sulfonamides is 2. The molecule has 0 aromatic heterocycles. The molecule has 0 aliphatic rings. The van der Waals surface area contributed by atoms with Gasteiger partial charge in [0.1, 0.15) is 10.6 Å². The largest absolute Gasteiger partial charge is 0.504 e. The molecular weight excluding hydrogens is 577 g/mol. The van der Waals surface area contributed by atoms with Crippen LogP contribution in [0, 0.1) is 13.8 Å². The van der Waals surface area contributed by atoms with Crippen molar-refractivity contribution in [2.45, 2.75) is 33.4 Å². The number of ether oxygens (including phenoxy) is 1. The first-order chi connectivity index (χ1) is 18.7. The van der Waals surface area contributed by atoms with E-state index < -0.39 is 46.2 Å². The summed E-state index contributed by atoms with van der Waals surface area (Å²) in [5.41, 5.74) is 0.787. The fourth-order valence-electron chi connectivity index (χ4n) is 3.68. The Morgan fingerprint density at radius 2 is 1.07 bits per heavy atom. The lowest BCUT2D eigenvalue weighted by Crippen LogP contribution is -2.16. The zero-order valence-corrected chi connectivity index (χ0v) is 24.1. The van der Waals surface area contributed by atoms with E-state index in [4.69, 9.17) is 4.74 Å². The Balaban J connectivity index is 1.86. The van der Waals surface area contributed by atoms with E-state index in [9.17, 15) is 30.4 Å². The summed E-state index contributed by atoms with van der Waals surface area (Å²) in [5.74, 6) is -0.529. The van der Waals surface area contributed by atoms with Crippen molar-refractivity contribution in [1.29, 1.82) is 0 Å². The Morgan fingerprint density at radius 1 is 0.625 bits per heavy atom. The van der Waals surface area contributed by atoms with Gasteiger partial charge in [-0.3, -0.25) is 9.44 Å². The van der Waals surface area contributed by atoms with Gasteiger partial charge in [0, 0.05) is 0 Å². The third kappa shape index (κ3) is 6.06. The second-order valence-electron chi connectivity index (χ2n) is 8.89. The second kappa shape index (κ2) is 10.8. The van der Waals surface area contributed by atoms with Crippen molar-refractivity contribution in [3.63, 3.8) is 0 Å². The second-order valence-corrected chi connectivity index (χ2v) is 14.2. The molecular formula is C27H26N2O8S3.